The average Bonchev–Trinajstić information content (AvgIpc) is 2.89. The number of nitrogens with one attached hydrogen (secondary N) is 1. The summed E-state index contributed by atoms with van der Waals surface area (Å²) in [6, 6.07) is 0. The smallest absolute Gasteiger partial charge is 0.156 e. The summed E-state index contributed by atoms with van der Waals surface area (Å²) in [5.74, 6) is 1.32. The van der Waals surface area contributed by atoms with Crippen molar-refractivity contribution in [2.45, 2.75) is 57.9 Å². The van der Waals surface area contributed by atoms with Crippen LogP contribution in [0.15, 0.2) is 0 Å². The van der Waals surface area contributed by atoms with Crippen LogP contribution in [0.3, 0.4) is 0 Å². The summed E-state index contributed by atoms with van der Waals surface area (Å²) in [7, 11) is 0. The molecule has 3 nitrogen and oxygen atoms in total. The van der Waals surface area contributed by atoms with E-state index in [1.54, 1.807) is 0 Å². The highest BCUT2D eigenvalue weighted by atomic mass is 16.1. The van der Waals surface area contributed by atoms with Gasteiger partial charge in [0.25, 0.3) is 0 Å². The van der Waals surface area contributed by atoms with Gasteiger partial charge in [-0.1, -0.05) is 13.8 Å². The minimum atomic E-state index is -0.219. The maximum Gasteiger partial charge on any atom is 0.156 e. The fraction of sp³-hybridized carbons (Fsp3) is 0.867. The van der Waals surface area contributed by atoms with Gasteiger partial charge in [-0.15, -0.1) is 0 Å². The van der Waals surface area contributed by atoms with Crippen molar-refractivity contribution in [2.75, 3.05) is 6.54 Å². The van der Waals surface area contributed by atoms with Gasteiger partial charge in [-0.2, -0.15) is 0 Å². The Balaban J connectivity index is 2.07. The minimum absolute atomic E-state index is 0.114. The summed E-state index contributed by atoms with van der Waals surface area (Å²) in [6.45, 7) is 5.31. The molecule has 1 heterocycles. The summed E-state index contributed by atoms with van der Waals surface area (Å²) in [5.41, 5.74) is -0.219. The topological polar surface area (TPSA) is 46.2 Å². The van der Waals surface area contributed by atoms with Crippen LogP contribution in [0.25, 0.3) is 0 Å². The average molecular weight is 251 g/mol. The molecule has 0 aromatic rings. The lowest BCUT2D eigenvalue weighted by molar-refractivity contribution is -0.127. The van der Waals surface area contributed by atoms with Gasteiger partial charge in [-0.3, -0.25) is 4.79 Å². The zero-order valence-corrected chi connectivity index (χ0v) is 11.6. The number of hydrogen-bond donors (Lipinski definition) is 1. The van der Waals surface area contributed by atoms with E-state index in [1.165, 1.54) is 0 Å². The van der Waals surface area contributed by atoms with Gasteiger partial charge in [0.15, 0.2) is 5.78 Å². The predicted octanol–water partition coefficient (Wildman–Crippen LogP) is 2.34. The van der Waals surface area contributed by atoms with E-state index < -0.39 is 0 Å². The fourth-order valence-corrected chi connectivity index (χ4v) is 3.84. The molecule has 0 radical (unpaired) electrons. The molecule has 3 heteroatoms. The third-order valence-corrected chi connectivity index (χ3v) is 4.68. The Morgan fingerprint density at radius 3 is 2.78 bits per heavy atom. The van der Waals surface area contributed by atoms with Crippen LogP contribution in [0.5, 0.6) is 0 Å². The first kappa shape index (κ1) is 13.7. The lowest BCUT2D eigenvalue weighted by Gasteiger charge is -2.26. The van der Waals surface area contributed by atoms with Crippen LogP contribution < -0.4 is 5.32 Å². The summed E-state index contributed by atoms with van der Waals surface area (Å²) in [6.07, 6.45) is 6.59. The molecule has 2 fully saturated rings. The van der Waals surface area contributed by atoms with Gasteiger partial charge < -0.3 is 10.1 Å². The van der Waals surface area contributed by atoms with Crippen LogP contribution in [-0.4, -0.2) is 24.2 Å². The highest BCUT2D eigenvalue weighted by molar-refractivity contribution is 5.93. The molecule has 1 saturated carbocycles. The van der Waals surface area contributed by atoms with Crippen molar-refractivity contribution in [1.29, 1.82) is 0 Å². The molecule has 3 atom stereocenters. The van der Waals surface area contributed by atoms with E-state index >= 15 is 0 Å². The van der Waals surface area contributed by atoms with E-state index in [9.17, 15) is 9.59 Å². The Hall–Kier alpha value is -0.700. The molecular weight excluding hydrogens is 226 g/mol. The quantitative estimate of drug-likeness (QED) is 0.763. The zero-order chi connectivity index (χ0) is 13.2. The maximum absolute atomic E-state index is 12.6. The maximum atomic E-state index is 12.6. The monoisotopic (exact) mass is 251 g/mol. The molecule has 1 saturated heterocycles. The number of ketones is 1. The lowest BCUT2D eigenvalue weighted by Crippen LogP contribution is -2.46. The Morgan fingerprint density at radius 1 is 1.44 bits per heavy atom. The zero-order valence-electron chi connectivity index (χ0n) is 11.6. The van der Waals surface area contributed by atoms with Gasteiger partial charge in [-0.25, -0.2) is 0 Å². The third-order valence-electron chi connectivity index (χ3n) is 4.68. The van der Waals surface area contributed by atoms with Crippen molar-refractivity contribution in [3.63, 3.8) is 0 Å². The van der Waals surface area contributed by atoms with Crippen molar-refractivity contribution in [3.05, 3.63) is 0 Å². The molecule has 0 amide bonds. The second kappa shape index (κ2) is 5.52. The number of carbonyl (C=O) groups excluding carboxylic acids is 2. The van der Waals surface area contributed by atoms with Gasteiger partial charge in [0.1, 0.15) is 6.29 Å². The highest BCUT2D eigenvalue weighted by Crippen LogP contribution is 2.42. The van der Waals surface area contributed by atoms with E-state index in [1.807, 2.05) is 0 Å². The van der Waals surface area contributed by atoms with Gasteiger partial charge in [0.2, 0.25) is 0 Å². The van der Waals surface area contributed by atoms with Crippen molar-refractivity contribution in [2.24, 2.45) is 17.8 Å². The van der Waals surface area contributed by atoms with Crippen molar-refractivity contribution >= 4 is 12.1 Å². The molecule has 1 aliphatic heterocycles. The second-order valence-corrected chi connectivity index (χ2v) is 6.41. The molecule has 0 aromatic carbocycles. The molecule has 0 bridgehead atoms. The molecule has 2 rings (SSSR count). The van der Waals surface area contributed by atoms with E-state index in [0.29, 0.717) is 18.1 Å². The van der Waals surface area contributed by atoms with Crippen LogP contribution in [0.2, 0.25) is 0 Å². The first-order valence-corrected chi connectivity index (χ1v) is 7.32. The standard InChI is InChI=1S/C15H25NO2/c1-11(2)10-12(5-9-17)13-4-7-15(14(13)18)6-3-8-16-15/h9,11-13,16H,3-8,10H2,1-2H3/t12-,13?,15?/m1/s1. The normalized spacial score (nSPS) is 33.5. The number of Topliss-reactive ketones (excluding diaryl/α,β-unsaturated/α-hetero) is 1. The van der Waals surface area contributed by atoms with Crippen LogP contribution in [0.1, 0.15) is 52.4 Å². The lowest BCUT2D eigenvalue weighted by atomic mass is 9.80. The molecular formula is C15H25NO2. The molecule has 102 valence electrons. The Kier molecular flexibility index (Phi) is 4.21. The van der Waals surface area contributed by atoms with Crippen molar-refractivity contribution in [3.8, 4) is 0 Å². The number of aldehydes is 1. The van der Waals surface area contributed by atoms with Gasteiger partial charge in [0, 0.05) is 12.3 Å². The van der Waals surface area contributed by atoms with Crippen molar-refractivity contribution < 1.29 is 9.59 Å². The minimum Gasteiger partial charge on any atom is -0.305 e. The Bertz CT molecular complexity index is 318. The summed E-state index contributed by atoms with van der Waals surface area (Å²) >= 11 is 0. The van der Waals surface area contributed by atoms with Crippen molar-refractivity contribution in [1.82, 2.24) is 5.32 Å². The first-order valence-electron chi connectivity index (χ1n) is 7.32. The van der Waals surface area contributed by atoms with E-state index in [0.717, 1.165) is 44.9 Å². The first-order chi connectivity index (χ1) is 8.59. The van der Waals surface area contributed by atoms with Gasteiger partial charge in [-0.05, 0) is 50.5 Å². The van der Waals surface area contributed by atoms with Gasteiger partial charge in [0.05, 0.1) is 5.54 Å². The molecule has 1 spiro atoms. The molecule has 2 unspecified atom stereocenters. The SMILES string of the molecule is CC(C)C[C@@H](CC=O)C1CCC2(CCCN2)C1=O. The van der Waals surface area contributed by atoms with E-state index in [-0.39, 0.29) is 17.4 Å². The second-order valence-electron chi connectivity index (χ2n) is 6.41. The van der Waals surface area contributed by atoms with Crippen LogP contribution in [0, 0.1) is 17.8 Å². The number of rotatable bonds is 5. The fourth-order valence-electron chi connectivity index (χ4n) is 3.84. The molecule has 0 aromatic heterocycles. The molecule has 1 N–H and O–H groups in total. The molecule has 2 aliphatic rings. The third kappa shape index (κ3) is 2.51. The molecule has 18 heavy (non-hydrogen) atoms. The number of carbonyl (C=O) groups is 2. The number of hydrogen-bond acceptors (Lipinski definition) is 3. The molecule has 1 aliphatic carbocycles. The van der Waals surface area contributed by atoms with Gasteiger partial charge >= 0.3 is 0 Å². The van der Waals surface area contributed by atoms with E-state index in [4.69, 9.17) is 0 Å². The van der Waals surface area contributed by atoms with E-state index in [2.05, 4.69) is 19.2 Å². The highest BCUT2D eigenvalue weighted by Gasteiger charge is 2.50. The summed E-state index contributed by atoms with van der Waals surface area (Å²) in [5, 5.41) is 3.42. The summed E-state index contributed by atoms with van der Waals surface area (Å²) < 4.78 is 0. The van der Waals surface area contributed by atoms with Crippen LogP contribution in [0.4, 0.5) is 0 Å². The predicted molar refractivity (Wildman–Crippen MR) is 71.3 cm³/mol. The van der Waals surface area contributed by atoms with Crippen LogP contribution >= 0.6 is 0 Å². The van der Waals surface area contributed by atoms with Crippen LogP contribution in [-0.2, 0) is 9.59 Å². The Labute approximate surface area is 110 Å². The Morgan fingerprint density at radius 2 is 2.22 bits per heavy atom. The summed E-state index contributed by atoms with van der Waals surface area (Å²) in [4.78, 5) is 23.5. The largest absolute Gasteiger partial charge is 0.305 e.